The molecule has 23 heavy (non-hydrogen) atoms. The minimum absolute atomic E-state index is 0.935. The molecule has 0 bridgehead atoms. The number of hydrogen-bond donors (Lipinski definition) is 0. The molecule has 1 aliphatic heterocycles. The number of methoxy groups -OCH3 is 1. The monoisotopic (exact) mass is 326 g/mol. The number of benzene rings is 1. The van der Waals surface area contributed by atoms with E-state index in [2.05, 4.69) is 26.9 Å². The van der Waals surface area contributed by atoms with Gasteiger partial charge in [0.15, 0.2) is 5.13 Å². The first-order valence-corrected chi connectivity index (χ1v) is 8.51. The lowest BCUT2D eigenvalue weighted by Gasteiger charge is -2.36. The van der Waals surface area contributed by atoms with Crippen molar-refractivity contribution in [2.24, 2.45) is 0 Å². The third-order valence-corrected chi connectivity index (χ3v) is 5.17. The molecule has 0 unspecified atom stereocenters. The summed E-state index contributed by atoms with van der Waals surface area (Å²) in [6.07, 6.45) is 1.82. The van der Waals surface area contributed by atoms with Gasteiger partial charge in [-0.2, -0.15) is 0 Å². The second kappa shape index (κ2) is 6.04. The molecule has 1 fully saturated rings. The largest absolute Gasteiger partial charge is 0.495 e. The van der Waals surface area contributed by atoms with Crippen LogP contribution in [0.25, 0.3) is 10.3 Å². The zero-order valence-corrected chi connectivity index (χ0v) is 13.8. The van der Waals surface area contributed by atoms with E-state index in [4.69, 9.17) is 9.72 Å². The summed E-state index contributed by atoms with van der Waals surface area (Å²) in [7, 11) is 1.73. The number of piperazine rings is 1. The highest BCUT2D eigenvalue weighted by atomic mass is 32.1. The molecule has 0 amide bonds. The van der Waals surface area contributed by atoms with Crippen LogP contribution in [-0.2, 0) is 0 Å². The molecular weight excluding hydrogens is 308 g/mol. The van der Waals surface area contributed by atoms with E-state index in [1.165, 1.54) is 5.69 Å². The minimum Gasteiger partial charge on any atom is -0.495 e. The van der Waals surface area contributed by atoms with Crippen molar-refractivity contribution in [2.75, 3.05) is 43.1 Å². The summed E-state index contributed by atoms with van der Waals surface area (Å²) in [6.45, 7) is 3.84. The number of anilines is 2. The normalized spacial score (nSPS) is 15.2. The van der Waals surface area contributed by atoms with Gasteiger partial charge in [-0.05, 0) is 24.3 Å². The fraction of sp³-hybridized carbons (Fsp3) is 0.294. The van der Waals surface area contributed by atoms with Crippen molar-refractivity contribution in [1.82, 2.24) is 9.97 Å². The molecule has 0 atom stereocenters. The third kappa shape index (κ3) is 2.70. The van der Waals surface area contributed by atoms with Crippen molar-refractivity contribution in [1.29, 1.82) is 0 Å². The Morgan fingerprint density at radius 3 is 2.57 bits per heavy atom. The molecule has 0 aliphatic carbocycles. The maximum absolute atomic E-state index is 5.48. The molecule has 2 aromatic heterocycles. The van der Waals surface area contributed by atoms with E-state index in [1.807, 2.05) is 30.5 Å². The SMILES string of the molecule is COc1ccccc1N1CCN(c2nc3cccnc3s2)CC1. The molecule has 0 spiro atoms. The van der Waals surface area contributed by atoms with Crippen LogP contribution < -0.4 is 14.5 Å². The Bertz CT molecular complexity index is 778. The van der Waals surface area contributed by atoms with Gasteiger partial charge in [0.05, 0.1) is 12.8 Å². The predicted molar refractivity (Wildman–Crippen MR) is 94.8 cm³/mol. The highest BCUT2D eigenvalue weighted by molar-refractivity contribution is 7.21. The lowest BCUT2D eigenvalue weighted by atomic mass is 10.2. The second-order valence-electron chi connectivity index (χ2n) is 5.47. The fourth-order valence-electron chi connectivity index (χ4n) is 2.92. The average molecular weight is 326 g/mol. The van der Waals surface area contributed by atoms with E-state index in [0.29, 0.717) is 0 Å². The number of hydrogen-bond acceptors (Lipinski definition) is 6. The van der Waals surface area contributed by atoms with E-state index in [9.17, 15) is 0 Å². The summed E-state index contributed by atoms with van der Waals surface area (Å²) in [6, 6.07) is 12.2. The van der Waals surface area contributed by atoms with Gasteiger partial charge in [0.25, 0.3) is 0 Å². The molecule has 0 radical (unpaired) electrons. The second-order valence-corrected chi connectivity index (χ2v) is 6.43. The number of para-hydroxylation sites is 2. The van der Waals surface area contributed by atoms with E-state index in [1.54, 1.807) is 18.4 Å². The number of fused-ring (bicyclic) bond motifs is 1. The standard InChI is InChI=1S/C17H18N4OS/c1-22-15-7-3-2-6-14(15)20-9-11-21(12-10-20)17-19-13-5-4-8-18-16(13)23-17/h2-8H,9-12H2,1H3. The van der Waals surface area contributed by atoms with Crippen LogP contribution in [0.1, 0.15) is 0 Å². The smallest absolute Gasteiger partial charge is 0.188 e. The zero-order chi connectivity index (χ0) is 15.6. The van der Waals surface area contributed by atoms with Crippen molar-refractivity contribution in [2.45, 2.75) is 0 Å². The summed E-state index contributed by atoms with van der Waals surface area (Å²) in [5, 5.41) is 1.07. The summed E-state index contributed by atoms with van der Waals surface area (Å²) >= 11 is 1.67. The molecule has 6 heteroatoms. The van der Waals surface area contributed by atoms with Gasteiger partial charge in [-0.1, -0.05) is 23.5 Å². The van der Waals surface area contributed by atoms with Crippen molar-refractivity contribution in [3.63, 3.8) is 0 Å². The van der Waals surface area contributed by atoms with Crippen LogP contribution in [0.3, 0.4) is 0 Å². The quantitative estimate of drug-likeness (QED) is 0.740. The number of rotatable bonds is 3. The Labute approximate surface area is 139 Å². The topological polar surface area (TPSA) is 41.5 Å². The molecule has 1 saturated heterocycles. The van der Waals surface area contributed by atoms with Crippen molar-refractivity contribution in [3.05, 3.63) is 42.6 Å². The van der Waals surface area contributed by atoms with Gasteiger partial charge in [0.2, 0.25) is 0 Å². The van der Waals surface area contributed by atoms with Gasteiger partial charge in [-0.25, -0.2) is 9.97 Å². The Hall–Kier alpha value is -2.34. The maximum Gasteiger partial charge on any atom is 0.188 e. The molecule has 0 N–H and O–H groups in total. The molecule has 118 valence electrons. The lowest BCUT2D eigenvalue weighted by Crippen LogP contribution is -2.46. The first-order valence-electron chi connectivity index (χ1n) is 7.69. The molecule has 1 aromatic carbocycles. The van der Waals surface area contributed by atoms with Crippen LogP contribution in [0.4, 0.5) is 10.8 Å². The predicted octanol–water partition coefficient (Wildman–Crippen LogP) is 3.03. The van der Waals surface area contributed by atoms with Crippen LogP contribution in [0.5, 0.6) is 5.75 Å². The van der Waals surface area contributed by atoms with Crippen LogP contribution in [0, 0.1) is 0 Å². The molecule has 3 heterocycles. The van der Waals surface area contributed by atoms with Crippen molar-refractivity contribution < 1.29 is 4.74 Å². The van der Waals surface area contributed by atoms with Gasteiger partial charge in [0.1, 0.15) is 16.1 Å². The molecule has 1 aliphatic rings. The van der Waals surface area contributed by atoms with Gasteiger partial charge < -0.3 is 14.5 Å². The van der Waals surface area contributed by atoms with E-state index in [-0.39, 0.29) is 0 Å². The molecule has 0 saturated carbocycles. The zero-order valence-electron chi connectivity index (χ0n) is 13.0. The van der Waals surface area contributed by atoms with Crippen LogP contribution >= 0.6 is 11.3 Å². The van der Waals surface area contributed by atoms with Crippen molar-refractivity contribution in [3.8, 4) is 5.75 Å². The summed E-state index contributed by atoms with van der Waals surface area (Å²) in [5.41, 5.74) is 2.15. The molecular formula is C17H18N4OS. The molecule has 5 nitrogen and oxygen atoms in total. The Kier molecular flexibility index (Phi) is 3.75. The Morgan fingerprint density at radius 1 is 1.00 bits per heavy atom. The highest BCUT2D eigenvalue weighted by Crippen LogP contribution is 2.31. The van der Waals surface area contributed by atoms with E-state index in [0.717, 1.165) is 47.4 Å². The third-order valence-electron chi connectivity index (χ3n) is 4.13. The summed E-state index contributed by atoms with van der Waals surface area (Å²) in [4.78, 5) is 14.8. The lowest BCUT2D eigenvalue weighted by molar-refractivity contribution is 0.413. The van der Waals surface area contributed by atoms with Gasteiger partial charge in [0, 0.05) is 32.4 Å². The number of thiazole rings is 1. The number of pyridine rings is 1. The summed E-state index contributed by atoms with van der Waals surface area (Å²) < 4.78 is 5.48. The highest BCUT2D eigenvalue weighted by Gasteiger charge is 2.21. The van der Waals surface area contributed by atoms with Gasteiger partial charge in [-0.15, -0.1) is 0 Å². The first-order chi connectivity index (χ1) is 11.3. The minimum atomic E-state index is 0.935. The first kappa shape index (κ1) is 14.3. The Morgan fingerprint density at radius 2 is 1.78 bits per heavy atom. The van der Waals surface area contributed by atoms with Crippen LogP contribution in [0.15, 0.2) is 42.6 Å². The Balaban J connectivity index is 1.50. The number of aromatic nitrogens is 2. The number of nitrogens with zero attached hydrogens (tertiary/aromatic N) is 4. The molecule has 3 aromatic rings. The number of ether oxygens (including phenoxy) is 1. The average Bonchev–Trinajstić information content (AvgIpc) is 3.06. The van der Waals surface area contributed by atoms with Gasteiger partial charge in [-0.3, -0.25) is 0 Å². The van der Waals surface area contributed by atoms with Crippen LogP contribution in [-0.4, -0.2) is 43.3 Å². The summed E-state index contributed by atoms with van der Waals surface area (Å²) in [5.74, 6) is 0.935. The van der Waals surface area contributed by atoms with Crippen LogP contribution in [0.2, 0.25) is 0 Å². The fourth-order valence-corrected chi connectivity index (χ4v) is 3.88. The molecule has 4 rings (SSSR count). The van der Waals surface area contributed by atoms with E-state index < -0.39 is 0 Å². The van der Waals surface area contributed by atoms with E-state index >= 15 is 0 Å². The van der Waals surface area contributed by atoms with Crippen molar-refractivity contribution >= 4 is 32.5 Å². The maximum atomic E-state index is 5.48. The van der Waals surface area contributed by atoms with Gasteiger partial charge >= 0.3 is 0 Å².